The summed E-state index contributed by atoms with van der Waals surface area (Å²) >= 11 is 4.37. The van der Waals surface area contributed by atoms with Crippen molar-refractivity contribution in [3.05, 3.63) is 35.4 Å². The highest BCUT2D eigenvalue weighted by molar-refractivity contribution is 7.96. The van der Waals surface area contributed by atoms with E-state index >= 15 is 0 Å². The molecule has 0 spiro atoms. The molecule has 10 heteroatoms. The Morgan fingerprint density at radius 2 is 1.54 bits per heavy atom. The zero-order chi connectivity index (χ0) is 21.5. The Morgan fingerprint density at radius 3 is 1.93 bits per heavy atom. The Kier molecular flexibility index (Phi) is 10.0. The molecule has 0 bridgehead atoms. The summed E-state index contributed by atoms with van der Waals surface area (Å²) in [5, 5.41) is 0. The molecule has 1 unspecified atom stereocenters. The molecule has 2 amide bonds. The molecule has 1 aromatic rings. The van der Waals surface area contributed by atoms with Crippen molar-refractivity contribution in [2.24, 2.45) is 0 Å². The Morgan fingerprint density at radius 1 is 1.07 bits per heavy atom. The lowest BCUT2D eigenvalue weighted by Gasteiger charge is -2.35. The standard InChI is InChI=1S/C17H29NO4Si3.CH3PS/c1-23(2)21-25(6,22-24(3,4)5)13-9-12-18-16(19)14-10-7-8-11-15(14)17(18)20;1-2-3/h7-8,10-11,23H,9,12-13H2,1-6H3;1H3. The molecule has 2 rings (SSSR count). The number of rotatable bonds is 8. The maximum Gasteiger partial charge on any atom is 0.314 e. The van der Waals surface area contributed by atoms with Crippen molar-refractivity contribution in [3.8, 4) is 0 Å². The normalized spacial score (nSPS) is 16.1. The van der Waals surface area contributed by atoms with Crippen molar-refractivity contribution in [2.75, 3.05) is 13.2 Å². The fraction of sp³-hybridized carbons (Fsp3) is 0.556. The van der Waals surface area contributed by atoms with Gasteiger partial charge in [-0.25, -0.2) is 0 Å². The number of carbonyl (C=O) groups is 2. The van der Waals surface area contributed by atoms with Gasteiger partial charge in [-0.2, -0.15) is 0 Å². The van der Waals surface area contributed by atoms with Crippen LogP contribution in [0.5, 0.6) is 0 Å². The van der Waals surface area contributed by atoms with Crippen LogP contribution in [-0.2, 0) is 20.0 Å². The van der Waals surface area contributed by atoms with E-state index in [-0.39, 0.29) is 11.8 Å². The molecule has 1 aliphatic heterocycles. The van der Waals surface area contributed by atoms with E-state index in [0.717, 1.165) is 19.8 Å². The lowest BCUT2D eigenvalue weighted by molar-refractivity contribution is 0.0653. The van der Waals surface area contributed by atoms with Gasteiger partial charge in [0.15, 0.2) is 17.4 Å². The summed E-state index contributed by atoms with van der Waals surface area (Å²) in [4.78, 5) is 26.2. The summed E-state index contributed by atoms with van der Waals surface area (Å²) in [6.07, 6.45) is 0.722. The SMILES string of the molecule is CP=S.C[SiH](C)O[Si](C)(CCCN1C(=O)c2ccccc2C1=O)O[Si](C)(C)C. The van der Waals surface area contributed by atoms with E-state index in [4.69, 9.17) is 8.23 Å². The minimum Gasteiger partial charge on any atom is -0.439 e. The van der Waals surface area contributed by atoms with Gasteiger partial charge in [0.25, 0.3) is 11.8 Å². The number of hydrogen-bond donors (Lipinski definition) is 0. The number of imide groups is 1. The molecule has 0 N–H and O–H groups in total. The van der Waals surface area contributed by atoms with Gasteiger partial charge in [0.05, 0.1) is 11.1 Å². The zero-order valence-electron chi connectivity index (χ0n) is 17.9. The second kappa shape index (κ2) is 11.0. The van der Waals surface area contributed by atoms with Crippen molar-refractivity contribution in [3.63, 3.8) is 0 Å². The maximum atomic E-state index is 12.4. The predicted octanol–water partition coefficient (Wildman–Crippen LogP) is 4.62. The highest BCUT2D eigenvalue weighted by Crippen LogP contribution is 2.26. The van der Waals surface area contributed by atoms with E-state index in [9.17, 15) is 9.59 Å². The van der Waals surface area contributed by atoms with Gasteiger partial charge in [0.2, 0.25) is 0 Å². The first-order valence-electron chi connectivity index (χ1n) is 9.49. The van der Waals surface area contributed by atoms with Gasteiger partial charge in [-0.05, 0) is 77.9 Å². The van der Waals surface area contributed by atoms with Crippen LogP contribution in [0, 0.1) is 0 Å². The third-order valence-electron chi connectivity index (χ3n) is 3.90. The minimum absolute atomic E-state index is 0.186. The summed E-state index contributed by atoms with van der Waals surface area (Å²) in [5.74, 6) is -0.372. The highest BCUT2D eigenvalue weighted by Gasteiger charge is 2.39. The number of benzene rings is 1. The van der Waals surface area contributed by atoms with Gasteiger partial charge in [-0.1, -0.05) is 23.9 Å². The molecule has 28 heavy (non-hydrogen) atoms. The van der Waals surface area contributed by atoms with E-state index in [1.807, 2.05) is 6.66 Å². The van der Waals surface area contributed by atoms with Gasteiger partial charge in [0.1, 0.15) is 0 Å². The molecule has 1 aromatic carbocycles. The van der Waals surface area contributed by atoms with E-state index < -0.39 is 25.9 Å². The third kappa shape index (κ3) is 7.70. The van der Waals surface area contributed by atoms with Crippen molar-refractivity contribution in [1.29, 1.82) is 0 Å². The lowest BCUT2D eigenvalue weighted by atomic mass is 10.1. The van der Waals surface area contributed by atoms with Gasteiger partial charge < -0.3 is 8.23 Å². The third-order valence-corrected chi connectivity index (χ3v) is 13.2. The Balaban J connectivity index is 0.00000122. The van der Waals surface area contributed by atoms with Crippen LogP contribution in [0.1, 0.15) is 27.1 Å². The number of carbonyl (C=O) groups excluding carboxylic acids is 2. The Bertz CT molecular complexity index is 679. The Hall–Kier alpha value is -0.549. The Labute approximate surface area is 179 Å². The van der Waals surface area contributed by atoms with E-state index in [1.54, 1.807) is 24.3 Å². The first kappa shape index (κ1) is 25.5. The molecular weight excluding hydrogens is 442 g/mol. The van der Waals surface area contributed by atoms with Gasteiger partial charge >= 0.3 is 8.56 Å². The van der Waals surface area contributed by atoms with E-state index in [1.165, 1.54) is 4.90 Å². The maximum absolute atomic E-state index is 12.4. The van der Waals surface area contributed by atoms with E-state index in [0.29, 0.717) is 17.7 Å². The molecule has 5 nitrogen and oxygen atoms in total. The number of amides is 2. The number of nitrogens with zero attached hydrogens (tertiary/aromatic N) is 1. The van der Waals surface area contributed by atoms with Crippen LogP contribution in [0.25, 0.3) is 0 Å². The zero-order valence-corrected chi connectivity index (χ0v) is 22.8. The molecule has 1 aliphatic rings. The first-order chi connectivity index (χ1) is 12.9. The van der Waals surface area contributed by atoms with Crippen molar-refractivity contribution in [1.82, 2.24) is 4.90 Å². The lowest BCUT2D eigenvalue weighted by Crippen LogP contribution is -2.49. The topological polar surface area (TPSA) is 55.8 Å². The second-order valence-corrected chi connectivity index (χ2v) is 20.4. The van der Waals surface area contributed by atoms with Crippen LogP contribution < -0.4 is 0 Å². The fourth-order valence-corrected chi connectivity index (χ4v) is 14.8. The van der Waals surface area contributed by atoms with Gasteiger partial charge in [0, 0.05) is 6.54 Å². The summed E-state index contributed by atoms with van der Waals surface area (Å²) in [6, 6.07) is 7.82. The van der Waals surface area contributed by atoms with E-state index in [2.05, 4.69) is 51.1 Å². The molecule has 0 fully saturated rings. The predicted molar refractivity (Wildman–Crippen MR) is 127 cm³/mol. The van der Waals surface area contributed by atoms with Gasteiger partial charge in [-0.15, -0.1) is 0 Å². The molecule has 0 aromatic heterocycles. The largest absolute Gasteiger partial charge is 0.439 e. The average molecular weight is 474 g/mol. The summed E-state index contributed by atoms with van der Waals surface area (Å²) < 4.78 is 12.7. The smallest absolute Gasteiger partial charge is 0.314 e. The first-order valence-corrected chi connectivity index (χ1v) is 20.6. The monoisotopic (exact) mass is 473 g/mol. The summed E-state index contributed by atoms with van der Waals surface area (Å²) in [6.45, 7) is 15.3. The quantitative estimate of drug-likeness (QED) is 0.313. The number of fused-ring (bicyclic) bond motifs is 1. The van der Waals surface area contributed by atoms with Crippen LogP contribution in [0.3, 0.4) is 0 Å². The van der Waals surface area contributed by atoms with Crippen LogP contribution in [0.15, 0.2) is 24.3 Å². The molecule has 156 valence electrons. The second-order valence-electron chi connectivity index (χ2n) is 8.11. The van der Waals surface area contributed by atoms with Crippen LogP contribution in [0.2, 0.25) is 45.3 Å². The van der Waals surface area contributed by atoms with Crippen molar-refractivity contribution >= 4 is 56.9 Å². The molecule has 0 saturated heterocycles. The van der Waals surface area contributed by atoms with Crippen LogP contribution in [-0.4, -0.2) is 55.8 Å². The van der Waals surface area contributed by atoms with Crippen LogP contribution in [0.4, 0.5) is 0 Å². The van der Waals surface area contributed by atoms with Gasteiger partial charge in [-0.3, -0.25) is 14.5 Å². The number of hydrogen-bond acceptors (Lipinski definition) is 5. The molecule has 1 atom stereocenters. The van der Waals surface area contributed by atoms with Crippen molar-refractivity contribution in [2.45, 2.75) is 51.7 Å². The minimum atomic E-state index is -2.27. The van der Waals surface area contributed by atoms with Crippen molar-refractivity contribution < 1.29 is 17.8 Å². The highest BCUT2D eigenvalue weighted by atomic mass is 32.4. The fourth-order valence-electron chi connectivity index (χ4n) is 3.28. The summed E-state index contributed by atoms with van der Waals surface area (Å²) in [5.41, 5.74) is 1.02. The molecule has 0 radical (unpaired) electrons. The van der Waals surface area contributed by atoms with Crippen LogP contribution >= 0.6 is 7.36 Å². The molecule has 1 heterocycles. The molecule has 0 aliphatic carbocycles. The average Bonchev–Trinajstić information content (AvgIpc) is 2.78. The molecule has 0 saturated carbocycles. The summed E-state index contributed by atoms with van der Waals surface area (Å²) in [7, 11) is -4.19. The molecular formula is C18H32NO4PSSi3.